The van der Waals surface area contributed by atoms with Crippen LogP contribution in [0.15, 0.2) is 10.8 Å². The van der Waals surface area contributed by atoms with Crippen LogP contribution in [0.2, 0.25) is 0 Å². The molecule has 3 heterocycles. The number of hydrogen-bond donors (Lipinski definition) is 0. The van der Waals surface area contributed by atoms with Crippen LogP contribution < -0.4 is 0 Å². The molecule has 1 spiro atoms. The molecule has 2 aliphatic heterocycles. The summed E-state index contributed by atoms with van der Waals surface area (Å²) in [5.74, 6) is 0.0192. The average molecular weight is 293 g/mol. The molecule has 3 rings (SSSR count). The van der Waals surface area contributed by atoms with Crippen LogP contribution in [0.1, 0.15) is 35.3 Å². The number of likely N-dealkylation sites (tertiary alicyclic amines) is 1. The molecule has 1 aromatic heterocycles. The zero-order valence-corrected chi connectivity index (χ0v) is 13.0. The van der Waals surface area contributed by atoms with Crippen LogP contribution in [-0.2, 0) is 4.74 Å². The maximum atomic E-state index is 12.4. The average Bonchev–Trinajstić information content (AvgIpc) is 3.06. The summed E-state index contributed by atoms with van der Waals surface area (Å²) in [5.41, 5.74) is 1.20. The van der Waals surface area contributed by atoms with Crippen LogP contribution in [0.25, 0.3) is 0 Å². The van der Waals surface area contributed by atoms with Gasteiger partial charge in [-0.2, -0.15) is 0 Å². The van der Waals surface area contributed by atoms with Gasteiger partial charge in [0.15, 0.2) is 0 Å². The van der Waals surface area contributed by atoms with E-state index in [1.54, 1.807) is 6.92 Å². The van der Waals surface area contributed by atoms with E-state index in [0.29, 0.717) is 17.3 Å². The summed E-state index contributed by atoms with van der Waals surface area (Å²) in [4.78, 5) is 16.5. The zero-order chi connectivity index (χ0) is 15.0. The largest absolute Gasteiger partial charge is 0.373 e. The Kier molecular flexibility index (Phi) is 3.75. The van der Waals surface area contributed by atoms with Gasteiger partial charge in [0.25, 0.3) is 5.91 Å². The molecule has 0 N–H and O–H groups in total. The monoisotopic (exact) mass is 293 g/mol. The van der Waals surface area contributed by atoms with Crippen molar-refractivity contribution in [2.75, 3.05) is 33.8 Å². The number of carbonyl (C=O) groups is 1. The standard InChI is InChI=1S/C15H23N3O3/c1-11-13(10-21-16-11)14(19)18-6-4-15(5-7-18)8-12(9-20-15)17(2)3/h10,12H,4-9H2,1-3H3/t12-/m0/s1. The number of amides is 1. The van der Waals surface area contributed by atoms with Crippen molar-refractivity contribution in [1.82, 2.24) is 15.0 Å². The van der Waals surface area contributed by atoms with E-state index < -0.39 is 0 Å². The fraction of sp³-hybridized carbons (Fsp3) is 0.733. The van der Waals surface area contributed by atoms with Crippen LogP contribution in [0.5, 0.6) is 0 Å². The summed E-state index contributed by atoms with van der Waals surface area (Å²) in [6.07, 6.45) is 4.32. The molecule has 0 saturated carbocycles. The number of aryl methyl sites for hydroxylation is 1. The Labute approximate surface area is 125 Å². The summed E-state index contributed by atoms with van der Waals surface area (Å²) in [7, 11) is 4.20. The maximum Gasteiger partial charge on any atom is 0.259 e. The molecular weight excluding hydrogens is 270 g/mol. The minimum atomic E-state index is -0.0323. The Morgan fingerprint density at radius 2 is 2.14 bits per heavy atom. The quantitative estimate of drug-likeness (QED) is 0.823. The van der Waals surface area contributed by atoms with Gasteiger partial charge < -0.3 is 19.1 Å². The zero-order valence-electron chi connectivity index (χ0n) is 13.0. The van der Waals surface area contributed by atoms with Gasteiger partial charge in [-0.3, -0.25) is 4.79 Å². The van der Waals surface area contributed by atoms with Gasteiger partial charge in [-0.15, -0.1) is 0 Å². The molecular formula is C15H23N3O3. The predicted molar refractivity (Wildman–Crippen MR) is 77.2 cm³/mol. The third-order valence-corrected chi connectivity index (χ3v) is 4.86. The Balaban J connectivity index is 1.61. The lowest BCUT2D eigenvalue weighted by Gasteiger charge is -2.38. The molecule has 6 nitrogen and oxygen atoms in total. The van der Waals surface area contributed by atoms with E-state index in [1.165, 1.54) is 6.26 Å². The first-order chi connectivity index (χ1) is 10.0. The molecule has 2 fully saturated rings. The maximum absolute atomic E-state index is 12.4. The molecule has 116 valence electrons. The first-order valence-electron chi connectivity index (χ1n) is 7.51. The van der Waals surface area contributed by atoms with Gasteiger partial charge in [-0.25, -0.2) is 0 Å². The normalized spacial score (nSPS) is 25.0. The Hall–Kier alpha value is -1.40. The van der Waals surface area contributed by atoms with Gasteiger partial charge in [-0.1, -0.05) is 5.16 Å². The summed E-state index contributed by atoms with van der Waals surface area (Å²) < 4.78 is 11.0. The molecule has 0 bridgehead atoms. The molecule has 0 aromatic carbocycles. The number of piperidine rings is 1. The number of nitrogens with zero attached hydrogens (tertiary/aromatic N) is 3. The van der Waals surface area contributed by atoms with Gasteiger partial charge in [0.2, 0.25) is 0 Å². The highest BCUT2D eigenvalue weighted by atomic mass is 16.5. The molecule has 0 aliphatic carbocycles. The summed E-state index contributed by atoms with van der Waals surface area (Å²) in [6, 6.07) is 0.493. The van der Waals surface area contributed by atoms with Crippen LogP contribution in [-0.4, -0.2) is 66.3 Å². The highest BCUT2D eigenvalue weighted by Crippen LogP contribution is 2.37. The molecule has 1 amide bonds. The first kappa shape index (κ1) is 14.5. The third kappa shape index (κ3) is 2.70. The van der Waals surface area contributed by atoms with Gasteiger partial charge in [0, 0.05) is 19.1 Å². The first-order valence-corrected chi connectivity index (χ1v) is 7.51. The van der Waals surface area contributed by atoms with Gasteiger partial charge in [0.05, 0.1) is 17.9 Å². The number of carbonyl (C=O) groups excluding carboxylic acids is 1. The minimum Gasteiger partial charge on any atom is -0.373 e. The van der Waals surface area contributed by atoms with Crippen LogP contribution >= 0.6 is 0 Å². The van der Waals surface area contributed by atoms with Crippen molar-refractivity contribution < 1.29 is 14.1 Å². The van der Waals surface area contributed by atoms with Crippen LogP contribution in [0.4, 0.5) is 0 Å². The second kappa shape index (κ2) is 5.42. The highest BCUT2D eigenvalue weighted by molar-refractivity contribution is 5.94. The molecule has 21 heavy (non-hydrogen) atoms. The van der Waals surface area contributed by atoms with E-state index in [2.05, 4.69) is 24.2 Å². The van der Waals surface area contributed by atoms with Crippen molar-refractivity contribution >= 4 is 5.91 Å². The van der Waals surface area contributed by atoms with Crippen LogP contribution in [0, 0.1) is 6.92 Å². The molecule has 0 unspecified atom stereocenters. The molecule has 6 heteroatoms. The summed E-state index contributed by atoms with van der Waals surface area (Å²) >= 11 is 0. The minimum absolute atomic E-state index is 0.0192. The van der Waals surface area contributed by atoms with Gasteiger partial charge >= 0.3 is 0 Å². The van der Waals surface area contributed by atoms with Gasteiger partial charge in [0.1, 0.15) is 11.8 Å². The fourth-order valence-corrected chi connectivity index (χ4v) is 3.29. The summed E-state index contributed by atoms with van der Waals surface area (Å²) in [6.45, 7) is 4.07. The Morgan fingerprint density at radius 1 is 1.43 bits per heavy atom. The SMILES string of the molecule is Cc1nocc1C(=O)N1CCC2(CC1)C[C@H](N(C)C)CO2. The van der Waals surface area contributed by atoms with Crippen LogP contribution in [0.3, 0.4) is 0 Å². The van der Waals surface area contributed by atoms with Crippen molar-refractivity contribution in [3.63, 3.8) is 0 Å². The lowest BCUT2D eigenvalue weighted by molar-refractivity contribution is -0.0392. The van der Waals surface area contributed by atoms with E-state index in [4.69, 9.17) is 9.26 Å². The van der Waals surface area contributed by atoms with E-state index in [1.807, 2.05) is 4.90 Å². The number of aromatic nitrogens is 1. The van der Waals surface area contributed by atoms with Crippen molar-refractivity contribution in [1.29, 1.82) is 0 Å². The number of ether oxygens (including phenoxy) is 1. The third-order valence-electron chi connectivity index (χ3n) is 4.86. The Bertz CT molecular complexity index is 518. The van der Waals surface area contributed by atoms with Crippen molar-refractivity contribution in [2.24, 2.45) is 0 Å². The molecule has 0 radical (unpaired) electrons. The van der Waals surface area contributed by atoms with E-state index >= 15 is 0 Å². The summed E-state index contributed by atoms with van der Waals surface area (Å²) in [5, 5.41) is 3.78. The fourth-order valence-electron chi connectivity index (χ4n) is 3.29. The Morgan fingerprint density at radius 3 is 2.67 bits per heavy atom. The van der Waals surface area contributed by atoms with Crippen molar-refractivity contribution in [2.45, 2.75) is 37.8 Å². The van der Waals surface area contributed by atoms with E-state index in [0.717, 1.165) is 39.0 Å². The number of rotatable bonds is 2. The molecule has 1 atom stereocenters. The smallest absolute Gasteiger partial charge is 0.259 e. The van der Waals surface area contributed by atoms with E-state index in [-0.39, 0.29) is 11.5 Å². The second-order valence-electron chi connectivity index (χ2n) is 6.42. The predicted octanol–water partition coefficient (Wildman–Crippen LogP) is 1.31. The second-order valence-corrected chi connectivity index (χ2v) is 6.42. The van der Waals surface area contributed by atoms with Crippen molar-refractivity contribution in [3.05, 3.63) is 17.5 Å². The highest BCUT2D eigenvalue weighted by Gasteiger charge is 2.44. The van der Waals surface area contributed by atoms with Gasteiger partial charge in [-0.05, 0) is 40.3 Å². The van der Waals surface area contributed by atoms with Crippen molar-refractivity contribution in [3.8, 4) is 0 Å². The molecule has 2 saturated heterocycles. The lowest BCUT2D eigenvalue weighted by atomic mass is 9.87. The molecule has 1 aromatic rings. The van der Waals surface area contributed by atoms with E-state index in [9.17, 15) is 4.79 Å². The number of hydrogen-bond acceptors (Lipinski definition) is 5. The number of likely N-dealkylation sites (N-methyl/N-ethyl adjacent to an activating group) is 1. The lowest BCUT2D eigenvalue weighted by Crippen LogP contribution is -2.47. The topological polar surface area (TPSA) is 58.8 Å². The molecule has 2 aliphatic rings.